The molecule has 3 rings (SSSR count). The van der Waals surface area contributed by atoms with Gasteiger partial charge in [-0.05, 0) is 36.6 Å². The van der Waals surface area contributed by atoms with Gasteiger partial charge in [0.2, 0.25) is 0 Å². The lowest BCUT2D eigenvalue weighted by molar-refractivity contribution is 0.300. The van der Waals surface area contributed by atoms with Crippen molar-refractivity contribution in [3.63, 3.8) is 0 Å². The Balaban J connectivity index is 1.57. The van der Waals surface area contributed by atoms with Crippen molar-refractivity contribution in [2.75, 3.05) is 6.61 Å². The predicted molar refractivity (Wildman–Crippen MR) is 90.2 cm³/mol. The van der Waals surface area contributed by atoms with Crippen LogP contribution in [-0.4, -0.2) is 16.2 Å². The van der Waals surface area contributed by atoms with Gasteiger partial charge in [0.25, 0.3) is 0 Å². The summed E-state index contributed by atoms with van der Waals surface area (Å²) in [6.45, 7) is 5.39. The Morgan fingerprint density at radius 2 is 1.91 bits per heavy atom. The van der Waals surface area contributed by atoms with Crippen molar-refractivity contribution in [1.29, 1.82) is 0 Å². The van der Waals surface area contributed by atoms with Crippen LogP contribution < -0.4 is 4.74 Å². The van der Waals surface area contributed by atoms with E-state index >= 15 is 0 Å². The number of fused-ring (bicyclic) bond motifs is 1. The highest BCUT2D eigenvalue weighted by molar-refractivity contribution is 5.74. The standard InChI is InChI=1S/C19H20N2O/c1-2-8-16-9-3-6-12-19(16)22-14-7-13-21-15-20-17-10-4-5-11-18(17)21/h2-6,9-12,15H,1,7-8,13-14H2. The molecule has 0 bridgehead atoms. The van der Waals surface area contributed by atoms with Crippen LogP contribution in [0.2, 0.25) is 0 Å². The smallest absolute Gasteiger partial charge is 0.122 e. The Kier molecular flexibility index (Phi) is 4.54. The molecule has 22 heavy (non-hydrogen) atoms. The van der Waals surface area contributed by atoms with Gasteiger partial charge in [0, 0.05) is 6.54 Å². The summed E-state index contributed by atoms with van der Waals surface area (Å²) in [5.41, 5.74) is 3.40. The molecule has 0 saturated heterocycles. The molecule has 0 atom stereocenters. The van der Waals surface area contributed by atoms with Gasteiger partial charge in [0.05, 0.1) is 24.0 Å². The highest BCUT2D eigenvalue weighted by Crippen LogP contribution is 2.19. The second kappa shape index (κ2) is 6.94. The fourth-order valence-corrected chi connectivity index (χ4v) is 2.57. The Morgan fingerprint density at radius 1 is 1.09 bits per heavy atom. The van der Waals surface area contributed by atoms with Crippen LogP contribution in [0, 0.1) is 0 Å². The lowest BCUT2D eigenvalue weighted by Gasteiger charge is -2.10. The van der Waals surface area contributed by atoms with Gasteiger partial charge in [-0.2, -0.15) is 0 Å². The van der Waals surface area contributed by atoms with E-state index in [0.717, 1.165) is 30.7 Å². The average molecular weight is 292 g/mol. The summed E-state index contributed by atoms with van der Waals surface area (Å²) in [5.74, 6) is 0.956. The number of benzene rings is 2. The van der Waals surface area contributed by atoms with Gasteiger partial charge in [0.1, 0.15) is 5.75 Å². The summed E-state index contributed by atoms with van der Waals surface area (Å²) in [4.78, 5) is 4.41. The van der Waals surface area contributed by atoms with E-state index < -0.39 is 0 Å². The molecule has 0 radical (unpaired) electrons. The minimum Gasteiger partial charge on any atom is -0.493 e. The number of nitrogens with zero attached hydrogens (tertiary/aromatic N) is 2. The van der Waals surface area contributed by atoms with Gasteiger partial charge >= 0.3 is 0 Å². The van der Waals surface area contributed by atoms with Crippen molar-refractivity contribution in [2.24, 2.45) is 0 Å². The highest BCUT2D eigenvalue weighted by atomic mass is 16.5. The Hall–Kier alpha value is -2.55. The SMILES string of the molecule is C=CCc1ccccc1OCCCn1cnc2ccccc21. The normalized spacial score (nSPS) is 10.7. The third-order valence-corrected chi connectivity index (χ3v) is 3.67. The van der Waals surface area contributed by atoms with Crippen LogP contribution in [0.15, 0.2) is 67.5 Å². The quantitative estimate of drug-likeness (QED) is 0.481. The van der Waals surface area contributed by atoms with Crippen LogP contribution >= 0.6 is 0 Å². The van der Waals surface area contributed by atoms with E-state index in [4.69, 9.17) is 4.74 Å². The van der Waals surface area contributed by atoms with Crippen LogP contribution in [-0.2, 0) is 13.0 Å². The monoisotopic (exact) mass is 292 g/mol. The number of aromatic nitrogens is 2. The maximum absolute atomic E-state index is 5.92. The minimum atomic E-state index is 0.695. The lowest BCUT2D eigenvalue weighted by Crippen LogP contribution is -2.05. The van der Waals surface area contributed by atoms with Crippen molar-refractivity contribution in [2.45, 2.75) is 19.4 Å². The van der Waals surface area contributed by atoms with Gasteiger partial charge in [-0.3, -0.25) is 0 Å². The van der Waals surface area contributed by atoms with Gasteiger partial charge in [-0.25, -0.2) is 4.98 Å². The van der Waals surface area contributed by atoms with Crippen molar-refractivity contribution < 1.29 is 4.74 Å². The van der Waals surface area contributed by atoms with E-state index in [1.165, 1.54) is 11.1 Å². The van der Waals surface area contributed by atoms with Gasteiger partial charge in [-0.1, -0.05) is 36.4 Å². The summed E-state index contributed by atoms with van der Waals surface area (Å²) in [6.07, 6.45) is 5.58. The molecule has 3 nitrogen and oxygen atoms in total. The summed E-state index contributed by atoms with van der Waals surface area (Å²) >= 11 is 0. The molecule has 112 valence electrons. The zero-order valence-electron chi connectivity index (χ0n) is 12.6. The van der Waals surface area contributed by atoms with Crippen LogP contribution in [0.1, 0.15) is 12.0 Å². The molecule has 0 aliphatic heterocycles. The van der Waals surface area contributed by atoms with Crippen molar-refractivity contribution >= 4 is 11.0 Å². The summed E-state index contributed by atoms with van der Waals surface area (Å²) < 4.78 is 8.09. The first-order chi connectivity index (χ1) is 10.9. The number of aryl methyl sites for hydroxylation is 1. The van der Waals surface area contributed by atoms with Gasteiger partial charge in [0.15, 0.2) is 0 Å². The molecule has 0 aliphatic carbocycles. The highest BCUT2D eigenvalue weighted by Gasteiger charge is 2.03. The van der Waals surface area contributed by atoms with Gasteiger partial charge in [-0.15, -0.1) is 6.58 Å². The van der Waals surface area contributed by atoms with E-state index in [2.05, 4.69) is 28.3 Å². The van der Waals surface area contributed by atoms with Crippen LogP contribution in [0.3, 0.4) is 0 Å². The number of para-hydroxylation sites is 3. The van der Waals surface area contributed by atoms with Crippen LogP contribution in [0.4, 0.5) is 0 Å². The average Bonchev–Trinajstić information content (AvgIpc) is 2.97. The lowest BCUT2D eigenvalue weighted by atomic mass is 10.1. The molecule has 0 aliphatic rings. The van der Waals surface area contributed by atoms with E-state index in [0.29, 0.717) is 6.61 Å². The van der Waals surface area contributed by atoms with Crippen molar-refractivity contribution in [3.05, 3.63) is 73.1 Å². The van der Waals surface area contributed by atoms with Crippen molar-refractivity contribution in [3.8, 4) is 5.75 Å². The van der Waals surface area contributed by atoms with Crippen molar-refractivity contribution in [1.82, 2.24) is 9.55 Å². The summed E-state index contributed by atoms with van der Waals surface area (Å²) in [6, 6.07) is 16.3. The molecule has 0 unspecified atom stereocenters. The second-order valence-corrected chi connectivity index (χ2v) is 5.23. The first kappa shape index (κ1) is 14.4. The number of allylic oxidation sites excluding steroid dienone is 1. The van der Waals surface area contributed by atoms with Crippen LogP contribution in [0.25, 0.3) is 11.0 Å². The molecule has 0 saturated carbocycles. The first-order valence-corrected chi connectivity index (χ1v) is 7.60. The zero-order valence-corrected chi connectivity index (χ0v) is 12.6. The fraction of sp³-hybridized carbons (Fsp3) is 0.211. The number of hydrogen-bond acceptors (Lipinski definition) is 2. The third kappa shape index (κ3) is 3.19. The molecule has 0 amide bonds. The first-order valence-electron chi connectivity index (χ1n) is 7.60. The summed E-state index contributed by atoms with van der Waals surface area (Å²) in [7, 11) is 0. The zero-order chi connectivity index (χ0) is 15.2. The summed E-state index contributed by atoms with van der Waals surface area (Å²) in [5, 5.41) is 0. The molecular weight excluding hydrogens is 272 g/mol. The molecule has 0 fully saturated rings. The third-order valence-electron chi connectivity index (χ3n) is 3.67. The molecule has 1 heterocycles. The molecule has 1 aromatic heterocycles. The Labute approximate surface area is 130 Å². The van der Waals surface area contributed by atoms with Crippen LogP contribution in [0.5, 0.6) is 5.75 Å². The van der Waals surface area contributed by atoms with E-state index in [1.807, 2.05) is 48.8 Å². The number of ether oxygens (including phenoxy) is 1. The molecular formula is C19H20N2O. The minimum absolute atomic E-state index is 0.695. The largest absolute Gasteiger partial charge is 0.493 e. The van der Waals surface area contributed by atoms with E-state index in [9.17, 15) is 0 Å². The number of imidazole rings is 1. The Morgan fingerprint density at radius 3 is 2.82 bits per heavy atom. The van der Waals surface area contributed by atoms with Gasteiger partial charge < -0.3 is 9.30 Å². The molecule has 0 N–H and O–H groups in total. The predicted octanol–water partition coefficient (Wildman–Crippen LogP) is 4.23. The second-order valence-electron chi connectivity index (χ2n) is 5.23. The molecule has 0 spiro atoms. The molecule has 3 heteroatoms. The molecule has 2 aromatic carbocycles. The topological polar surface area (TPSA) is 27.1 Å². The van der Waals surface area contributed by atoms with E-state index in [1.54, 1.807) is 0 Å². The van der Waals surface area contributed by atoms with E-state index in [-0.39, 0.29) is 0 Å². The molecule has 3 aromatic rings. The fourth-order valence-electron chi connectivity index (χ4n) is 2.57. The maximum atomic E-state index is 5.92. The maximum Gasteiger partial charge on any atom is 0.122 e. The number of rotatable bonds is 7. The Bertz CT molecular complexity index is 761. The number of hydrogen-bond donors (Lipinski definition) is 0.